The van der Waals surface area contributed by atoms with Gasteiger partial charge in [0.15, 0.2) is 11.6 Å². The highest BCUT2D eigenvalue weighted by Crippen LogP contribution is 2.40. The topological polar surface area (TPSA) is 70.0 Å². The summed E-state index contributed by atoms with van der Waals surface area (Å²) in [6, 6.07) is 19.0. The van der Waals surface area contributed by atoms with E-state index in [9.17, 15) is 14.9 Å². The quantitative estimate of drug-likeness (QED) is 0.580. The van der Waals surface area contributed by atoms with E-state index in [1.54, 1.807) is 12.1 Å². The van der Waals surface area contributed by atoms with Crippen LogP contribution in [0.25, 0.3) is 0 Å². The Morgan fingerprint density at radius 2 is 1.90 bits per heavy atom. The molecule has 1 N–H and O–H groups in total. The molecule has 0 spiro atoms. The van der Waals surface area contributed by atoms with Crippen molar-refractivity contribution < 1.29 is 9.59 Å². The summed E-state index contributed by atoms with van der Waals surface area (Å²) in [4.78, 5) is 24.9. The molecule has 2 aromatic rings. The molecule has 0 aromatic heterocycles. The van der Waals surface area contributed by atoms with Crippen molar-refractivity contribution in [3.63, 3.8) is 0 Å². The number of rotatable bonds is 6. The molecule has 1 aliphatic heterocycles. The minimum Gasteiger partial charge on any atom is -0.353 e. The molecule has 1 atom stereocenters. The minimum atomic E-state index is -0.441. The average molecular weight is 467 g/mol. The first-order chi connectivity index (χ1) is 13.9. The van der Waals surface area contributed by atoms with E-state index >= 15 is 0 Å². The van der Waals surface area contributed by atoms with Gasteiger partial charge in [-0.05, 0) is 31.5 Å². The van der Waals surface area contributed by atoms with Crippen LogP contribution >= 0.6 is 27.7 Å². The molecule has 146 valence electrons. The number of nitrogens with one attached hydrogen (secondary N) is 1. The van der Waals surface area contributed by atoms with E-state index < -0.39 is 5.92 Å². The van der Waals surface area contributed by atoms with Gasteiger partial charge in [0.2, 0.25) is 0 Å². The van der Waals surface area contributed by atoms with Gasteiger partial charge < -0.3 is 5.32 Å². The summed E-state index contributed by atoms with van der Waals surface area (Å²) in [6.07, 6.45) is 0. The number of nitriles is 1. The fourth-order valence-corrected chi connectivity index (χ4v) is 4.74. The molecule has 2 aromatic carbocycles. The van der Waals surface area contributed by atoms with Gasteiger partial charge in [0.1, 0.15) is 0 Å². The highest BCUT2D eigenvalue weighted by molar-refractivity contribution is 9.10. The number of carbonyl (C=O) groups is 2. The molecular weight excluding hydrogens is 448 g/mol. The second-order valence-electron chi connectivity index (χ2n) is 6.64. The van der Waals surface area contributed by atoms with E-state index in [1.807, 2.05) is 49.4 Å². The molecule has 0 fully saturated rings. The monoisotopic (exact) mass is 466 g/mol. The number of dihydropyridines is 1. The van der Waals surface area contributed by atoms with Crippen molar-refractivity contribution in [2.24, 2.45) is 0 Å². The van der Waals surface area contributed by atoms with Gasteiger partial charge in [-0.25, -0.2) is 0 Å². The van der Waals surface area contributed by atoms with Crippen molar-refractivity contribution >= 4 is 39.3 Å². The summed E-state index contributed by atoms with van der Waals surface area (Å²) >= 11 is 4.67. The zero-order valence-corrected chi connectivity index (χ0v) is 18.4. The highest BCUT2D eigenvalue weighted by atomic mass is 79.9. The molecule has 0 aliphatic carbocycles. The molecule has 0 saturated carbocycles. The van der Waals surface area contributed by atoms with E-state index in [-0.39, 0.29) is 17.3 Å². The second-order valence-corrected chi connectivity index (χ2v) is 8.54. The van der Waals surface area contributed by atoms with Gasteiger partial charge in [-0.15, -0.1) is 0 Å². The maximum Gasteiger partial charge on any atom is 0.173 e. The van der Waals surface area contributed by atoms with E-state index in [4.69, 9.17) is 0 Å². The summed E-state index contributed by atoms with van der Waals surface area (Å²) in [5.41, 5.74) is 3.24. The molecule has 1 aliphatic rings. The van der Waals surface area contributed by atoms with Gasteiger partial charge in [-0.2, -0.15) is 5.26 Å². The number of benzene rings is 2. The third-order valence-corrected chi connectivity index (χ3v) is 6.16. The lowest BCUT2D eigenvalue weighted by Crippen LogP contribution is -2.27. The highest BCUT2D eigenvalue weighted by Gasteiger charge is 2.33. The Labute approximate surface area is 182 Å². The molecule has 0 bridgehead atoms. The molecule has 0 saturated heterocycles. The molecule has 4 nitrogen and oxygen atoms in total. The molecule has 1 unspecified atom stereocenters. The lowest BCUT2D eigenvalue weighted by Gasteiger charge is -2.29. The van der Waals surface area contributed by atoms with E-state index in [2.05, 4.69) is 27.3 Å². The molecule has 6 heteroatoms. The average Bonchev–Trinajstić information content (AvgIpc) is 2.71. The van der Waals surface area contributed by atoms with Crippen molar-refractivity contribution in [2.75, 3.05) is 5.75 Å². The zero-order chi connectivity index (χ0) is 21.0. The predicted octanol–water partition coefficient (Wildman–Crippen LogP) is 5.35. The van der Waals surface area contributed by atoms with E-state index in [0.717, 1.165) is 10.0 Å². The van der Waals surface area contributed by atoms with Crippen LogP contribution in [-0.2, 0) is 4.79 Å². The van der Waals surface area contributed by atoms with Crippen LogP contribution in [0.5, 0.6) is 0 Å². The molecule has 1 heterocycles. The number of ketones is 2. The van der Waals surface area contributed by atoms with Crippen LogP contribution in [0.4, 0.5) is 0 Å². The Morgan fingerprint density at radius 3 is 2.52 bits per heavy atom. The van der Waals surface area contributed by atoms with Crippen LogP contribution in [0.15, 0.2) is 80.9 Å². The minimum absolute atomic E-state index is 0.0295. The maximum atomic E-state index is 12.6. The van der Waals surface area contributed by atoms with Crippen molar-refractivity contribution in [2.45, 2.75) is 19.8 Å². The first kappa shape index (κ1) is 21.1. The number of nitrogens with zero attached hydrogens (tertiary/aromatic N) is 1. The van der Waals surface area contributed by atoms with Crippen molar-refractivity contribution in [3.8, 4) is 6.07 Å². The fraction of sp³-hybridized carbons (Fsp3) is 0.174. The van der Waals surface area contributed by atoms with Gasteiger partial charge in [0.05, 0.1) is 28.3 Å². The summed E-state index contributed by atoms with van der Waals surface area (Å²) in [5, 5.41) is 13.7. The number of hydrogen-bond acceptors (Lipinski definition) is 5. The zero-order valence-electron chi connectivity index (χ0n) is 16.0. The lowest BCUT2D eigenvalue weighted by molar-refractivity contribution is -0.113. The summed E-state index contributed by atoms with van der Waals surface area (Å²) in [5.74, 6) is -0.360. The lowest BCUT2D eigenvalue weighted by atomic mass is 9.81. The van der Waals surface area contributed by atoms with Gasteiger partial charge >= 0.3 is 0 Å². The van der Waals surface area contributed by atoms with Gasteiger partial charge in [0, 0.05) is 21.3 Å². The first-order valence-electron chi connectivity index (χ1n) is 9.02. The molecule has 0 amide bonds. The Kier molecular flexibility index (Phi) is 6.73. The van der Waals surface area contributed by atoms with Gasteiger partial charge in [0.25, 0.3) is 0 Å². The van der Waals surface area contributed by atoms with Gasteiger partial charge in [-0.3, -0.25) is 9.59 Å². The van der Waals surface area contributed by atoms with Crippen molar-refractivity contribution in [3.05, 3.63) is 92.1 Å². The van der Waals surface area contributed by atoms with Gasteiger partial charge in [-0.1, -0.05) is 70.2 Å². The fourth-order valence-electron chi connectivity index (χ4n) is 3.36. The third kappa shape index (κ3) is 4.69. The van der Waals surface area contributed by atoms with Crippen LogP contribution in [0.1, 0.15) is 35.7 Å². The molecular formula is C23H19BrN2O2S. The van der Waals surface area contributed by atoms with Crippen molar-refractivity contribution in [1.82, 2.24) is 5.32 Å². The van der Waals surface area contributed by atoms with Crippen LogP contribution in [-0.4, -0.2) is 17.3 Å². The predicted molar refractivity (Wildman–Crippen MR) is 119 cm³/mol. The largest absolute Gasteiger partial charge is 0.353 e. The number of Topliss-reactive ketones (excluding diaryl/α,β-unsaturated/α-hetero) is 2. The molecule has 0 radical (unpaired) electrons. The van der Waals surface area contributed by atoms with Crippen molar-refractivity contribution in [1.29, 1.82) is 5.26 Å². The summed E-state index contributed by atoms with van der Waals surface area (Å²) < 4.78 is 0.843. The smallest absolute Gasteiger partial charge is 0.173 e. The molecule has 3 rings (SSSR count). The second kappa shape index (κ2) is 9.25. The van der Waals surface area contributed by atoms with E-state index in [1.165, 1.54) is 18.7 Å². The maximum absolute atomic E-state index is 12.6. The Hall–Kier alpha value is -2.62. The Balaban J connectivity index is 1.94. The standard InChI is InChI=1S/C23H19BrN2O2S/c1-14-21(15(2)27)22(16-7-4-3-5-8-16)19(12-25)23(26-14)29-13-20(28)17-9-6-10-18(24)11-17/h3-11,22,26H,13H2,1-2H3. The van der Waals surface area contributed by atoms with Crippen LogP contribution in [0, 0.1) is 11.3 Å². The van der Waals surface area contributed by atoms with Crippen LogP contribution in [0.2, 0.25) is 0 Å². The molecule has 29 heavy (non-hydrogen) atoms. The third-order valence-electron chi connectivity index (χ3n) is 4.65. The number of carbonyl (C=O) groups excluding carboxylic acids is 2. The number of hydrogen-bond donors (Lipinski definition) is 1. The Morgan fingerprint density at radius 1 is 1.17 bits per heavy atom. The normalized spacial score (nSPS) is 16.3. The van der Waals surface area contributed by atoms with Crippen LogP contribution < -0.4 is 5.32 Å². The summed E-state index contributed by atoms with van der Waals surface area (Å²) in [6.45, 7) is 3.35. The first-order valence-corrected chi connectivity index (χ1v) is 10.8. The van der Waals surface area contributed by atoms with E-state index in [0.29, 0.717) is 27.4 Å². The number of thioether (sulfide) groups is 1. The number of allylic oxidation sites excluding steroid dienone is 3. The number of halogens is 1. The summed E-state index contributed by atoms with van der Waals surface area (Å²) in [7, 11) is 0. The van der Waals surface area contributed by atoms with Crippen LogP contribution in [0.3, 0.4) is 0 Å². The Bertz CT molecular complexity index is 1070. The SMILES string of the molecule is CC(=O)C1=C(C)NC(SCC(=O)c2cccc(Br)c2)=C(C#N)C1c1ccccc1.